The summed E-state index contributed by atoms with van der Waals surface area (Å²) < 4.78 is 4.66. The van der Waals surface area contributed by atoms with E-state index in [9.17, 15) is 14.4 Å². The van der Waals surface area contributed by atoms with Gasteiger partial charge in [-0.3, -0.25) is 4.79 Å². The summed E-state index contributed by atoms with van der Waals surface area (Å²) in [6, 6.07) is -1.39. The van der Waals surface area contributed by atoms with Crippen LogP contribution in [0, 0.1) is 0 Å². The van der Waals surface area contributed by atoms with Crippen molar-refractivity contribution in [2.24, 2.45) is 0 Å². The van der Waals surface area contributed by atoms with Crippen molar-refractivity contribution in [3.8, 4) is 0 Å². The fourth-order valence-corrected chi connectivity index (χ4v) is 2.16. The molecule has 2 atom stereocenters. The van der Waals surface area contributed by atoms with E-state index in [0.29, 0.717) is 19.4 Å². The summed E-state index contributed by atoms with van der Waals surface area (Å²) in [6.07, 6.45) is 1.71. The Balaban J connectivity index is 2.60. The highest BCUT2D eigenvalue weighted by atomic mass is 16.5. The predicted molar refractivity (Wildman–Crippen MR) is 66.6 cm³/mol. The lowest BCUT2D eigenvalue weighted by molar-refractivity contribution is -0.145. The third kappa shape index (κ3) is 4.11. The van der Waals surface area contributed by atoms with Gasteiger partial charge in [0.15, 0.2) is 0 Å². The van der Waals surface area contributed by atoms with Gasteiger partial charge in [-0.25, -0.2) is 9.59 Å². The van der Waals surface area contributed by atoms with E-state index in [4.69, 9.17) is 5.11 Å². The quantitative estimate of drug-likeness (QED) is 0.714. The highest BCUT2D eigenvalue weighted by molar-refractivity contribution is 5.84. The Hall–Kier alpha value is -1.79. The number of hydrogen-bond donors (Lipinski definition) is 2. The van der Waals surface area contributed by atoms with Gasteiger partial charge in [0, 0.05) is 12.6 Å². The molecule has 0 aromatic heterocycles. The first-order valence-electron chi connectivity index (χ1n) is 6.36. The molecule has 1 rings (SSSR count). The number of nitrogens with one attached hydrogen (secondary N) is 1. The number of aliphatic carboxylic acids is 1. The number of carboxylic acids is 1. The van der Waals surface area contributed by atoms with Crippen LogP contribution in [0.25, 0.3) is 0 Å². The molecule has 1 aliphatic heterocycles. The Morgan fingerprint density at radius 1 is 1.47 bits per heavy atom. The van der Waals surface area contributed by atoms with Crippen molar-refractivity contribution in [3.05, 3.63) is 0 Å². The molecule has 0 aliphatic carbocycles. The van der Waals surface area contributed by atoms with E-state index in [1.165, 1.54) is 12.0 Å². The normalized spacial score (nSPS) is 19.9. The van der Waals surface area contributed by atoms with Gasteiger partial charge in [0.2, 0.25) is 0 Å². The first-order chi connectivity index (χ1) is 8.99. The van der Waals surface area contributed by atoms with Crippen molar-refractivity contribution < 1.29 is 24.2 Å². The second-order valence-corrected chi connectivity index (χ2v) is 4.53. The van der Waals surface area contributed by atoms with Crippen LogP contribution >= 0.6 is 0 Å². The Morgan fingerprint density at radius 3 is 2.68 bits per heavy atom. The van der Waals surface area contributed by atoms with Gasteiger partial charge in [-0.05, 0) is 19.3 Å². The molecule has 19 heavy (non-hydrogen) atoms. The molecule has 0 aromatic rings. The Labute approximate surface area is 111 Å². The molecule has 2 amide bonds. The van der Waals surface area contributed by atoms with Gasteiger partial charge in [-0.1, -0.05) is 6.92 Å². The van der Waals surface area contributed by atoms with Crippen LogP contribution < -0.4 is 5.32 Å². The molecule has 0 spiro atoms. The molecule has 0 aromatic carbocycles. The standard InChI is InChI=1S/C12H20N2O5/c1-3-8(7-10(15)16)13-12(18)14-6-4-5-9(14)11(17)19-2/h8-9H,3-7H2,1-2H3,(H,13,18)(H,15,16). The number of methoxy groups -OCH3 is 1. The highest BCUT2D eigenvalue weighted by Gasteiger charge is 2.35. The summed E-state index contributed by atoms with van der Waals surface area (Å²) in [5, 5.41) is 11.4. The Bertz CT molecular complexity index is 358. The topological polar surface area (TPSA) is 95.9 Å². The monoisotopic (exact) mass is 272 g/mol. The molecule has 1 heterocycles. The number of carboxylic acid groups (broad SMARTS) is 1. The first-order valence-corrected chi connectivity index (χ1v) is 6.36. The molecule has 1 saturated heterocycles. The second kappa shape index (κ2) is 6.96. The average Bonchev–Trinajstić information content (AvgIpc) is 2.85. The summed E-state index contributed by atoms with van der Waals surface area (Å²) in [4.78, 5) is 35.6. The van der Waals surface area contributed by atoms with Crippen LogP contribution in [0.5, 0.6) is 0 Å². The van der Waals surface area contributed by atoms with Gasteiger partial charge in [-0.2, -0.15) is 0 Å². The predicted octanol–water partition coefficient (Wildman–Crippen LogP) is 0.587. The minimum atomic E-state index is -0.960. The molecule has 1 fully saturated rings. The highest BCUT2D eigenvalue weighted by Crippen LogP contribution is 2.18. The zero-order valence-electron chi connectivity index (χ0n) is 11.2. The molecule has 0 bridgehead atoms. The molecule has 2 unspecified atom stereocenters. The molecule has 0 radical (unpaired) electrons. The van der Waals surface area contributed by atoms with E-state index in [2.05, 4.69) is 10.1 Å². The number of carbonyl (C=O) groups is 3. The maximum atomic E-state index is 12.0. The van der Waals surface area contributed by atoms with Gasteiger partial charge in [0.25, 0.3) is 0 Å². The van der Waals surface area contributed by atoms with Crippen molar-refractivity contribution >= 4 is 18.0 Å². The van der Waals surface area contributed by atoms with E-state index in [1.54, 1.807) is 6.92 Å². The van der Waals surface area contributed by atoms with Crippen LogP contribution in [-0.2, 0) is 14.3 Å². The van der Waals surface area contributed by atoms with Gasteiger partial charge in [0.1, 0.15) is 6.04 Å². The maximum Gasteiger partial charge on any atom is 0.328 e. The minimum absolute atomic E-state index is 0.126. The number of likely N-dealkylation sites (tertiary alicyclic amines) is 1. The van der Waals surface area contributed by atoms with Crippen molar-refractivity contribution in [1.82, 2.24) is 10.2 Å². The first kappa shape index (κ1) is 15.3. The zero-order chi connectivity index (χ0) is 14.4. The molecule has 2 N–H and O–H groups in total. The third-order valence-corrected chi connectivity index (χ3v) is 3.23. The van der Waals surface area contributed by atoms with Crippen molar-refractivity contribution in [2.45, 2.75) is 44.7 Å². The van der Waals surface area contributed by atoms with E-state index in [-0.39, 0.29) is 6.42 Å². The number of hydrogen-bond acceptors (Lipinski definition) is 4. The lowest BCUT2D eigenvalue weighted by atomic mass is 10.1. The average molecular weight is 272 g/mol. The van der Waals surface area contributed by atoms with Crippen LogP contribution in [0.2, 0.25) is 0 Å². The van der Waals surface area contributed by atoms with E-state index in [1.807, 2.05) is 0 Å². The van der Waals surface area contributed by atoms with Crippen LogP contribution in [0.1, 0.15) is 32.6 Å². The molecule has 7 nitrogen and oxygen atoms in total. The summed E-state index contributed by atoms with van der Waals surface area (Å²) in [7, 11) is 1.29. The number of carbonyl (C=O) groups excluding carboxylic acids is 2. The summed E-state index contributed by atoms with van der Waals surface area (Å²) in [5.41, 5.74) is 0. The smallest absolute Gasteiger partial charge is 0.328 e. The summed E-state index contributed by atoms with van der Waals surface area (Å²) in [6.45, 7) is 2.28. The SMILES string of the molecule is CCC(CC(=O)O)NC(=O)N1CCCC1C(=O)OC. The minimum Gasteiger partial charge on any atom is -0.481 e. The summed E-state index contributed by atoms with van der Waals surface area (Å²) in [5.74, 6) is -1.39. The van der Waals surface area contributed by atoms with E-state index >= 15 is 0 Å². The number of amides is 2. The van der Waals surface area contributed by atoms with Crippen LogP contribution in [0.3, 0.4) is 0 Å². The molecule has 108 valence electrons. The van der Waals surface area contributed by atoms with Gasteiger partial charge in [-0.15, -0.1) is 0 Å². The van der Waals surface area contributed by atoms with Crippen LogP contribution in [0.4, 0.5) is 4.79 Å². The zero-order valence-corrected chi connectivity index (χ0v) is 11.2. The Kier molecular flexibility index (Phi) is 5.59. The number of nitrogens with zero attached hydrogens (tertiary/aromatic N) is 1. The number of rotatable bonds is 5. The van der Waals surface area contributed by atoms with Gasteiger partial charge in [0.05, 0.1) is 13.5 Å². The molecule has 7 heteroatoms. The third-order valence-electron chi connectivity index (χ3n) is 3.23. The van der Waals surface area contributed by atoms with E-state index < -0.39 is 30.1 Å². The maximum absolute atomic E-state index is 12.0. The molecule has 1 aliphatic rings. The van der Waals surface area contributed by atoms with Crippen molar-refractivity contribution in [3.63, 3.8) is 0 Å². The lowest BCUT2D eigenvalue weighted by Gasteiger charge is -2.25. The second-order valence-electron chi connectivity index (χ2n) is 4.53. The Morgan fingerprint density at radius 2 is 2.16 bits per heavy atom. The van der Waals surface area contributed by atoms with Crippen molar-refractivity contribution in [1.29, 1.82) is 0 Å². The fourth-order valence-electron chi connectivity index (χ4n) is 2.16. The molecular weight excluding hydrogens is 252 g/mol. The fraction of sp³-hybridized carbons (Fsp3) is 0.750. The number of esters is 1. The summed E-state index contributed by atoms with van der Waals surface area (Å²) >= 11 is 0. The van der Waals surface area contributed by atoms with Gasteiger partial charge < -0.3 is 20.1 Å². The van der Waals surface area contributed by atoms with Crippen LogP contribution in [0.15, 0.2) is 0 Å². The number of urea groups is 1. The van der Waals surface area contributed by atoms with E-state index in [0.717, 1.165) is 6.42 Å². The number of ether oxygens (including phenoxy) is 1. The van der Waals surface area contributed by atoms with Crippen LogP contribution in [-0.4, -0.2) is 53.7 Å². The molecular formula is C12H20N2O5. The van der Waals surface area contributed by atoms with Crippen molar-refractivity contribution in [2.75, 3.05) is 13.7 Å². The largest absolute Gasteiger partial charge is 0.481 e. The van der Waals surface area contributed by atoms with Gasteiger partial charge >= 0.3 is 18.0 Å². The molecule has 0 saturated carbocycles. The lowest BCUT2D eigenvalue weighted by Crippen LogP contribution is -2.49.